The Morgan fingerprint density at radius 3 is 3.07 bits per heavy atom. The van der Waals surface area contributed by atoms with E-state index in [-0.39, 0.29) is 0 Å². The SMILES string of the molecule is C=C1NN=CC(NCC)=C1C(=N)C1CC1. The second kappa shape index (κ2) is 3.88. The van der Waals surface area contributed by atoms with Crippen LogP contribution in [0, 0.1) is 11.3 Å². The Labute approximate surface area is 89.6 Å². The van der Waals surface area contributed by atoms with E-state index in [2.05, 4.69) is 22.4 Å². The summed E-state index contributed by atoms with van der Waals surface area (Å²) in [6, 6.07) is 0. The molecule has 3 N–H and O–H groups in total. The highest BCUT2D eigenvalue weighted by molar-refractivity contribution is 6.08. The fraction of sp³-hybridized carbons (Fsp3) is 0.455. The summed E-state index contributed by atoms with van der Waals surface area (Å²) in [6.45, 7) is 6.76. The largest absolute Gasteiger partial charge is 0.383 e. The molecule has 0 aromatic carbocycles. The Bertz CT molecular complexity index is 361. The van der Waals surface area contributed by atoms with Gasteiger partial charge in [-0.2, -0.15) is 5.10 Å². The first kappa shape index (κ1) is 9.96. The number of nitrogens with one attached hydrogen (secondary N) is 3. The highest BCUT2D eigenvalue weighted by atomic mass is 15.3. The molecule has 2 aliphatic rings. The molecule has 0 bridgehead atoms. The van der Waals surface area contributed by atoms with Crippen LogP contribution in [0.3, 0.4) is 0 Å². The molecule has 0 atom stereocenters. The minimum absolute atomic E-state index is 0.429. The minimum atomic E-state index is 0.429. The van der Waals surface area contributed by atoms with Crippen molar-refractivity contribution in [2.75, 3.05) is 6.54 Å². The lowest BCUT2D eigenvalue weighted by molar-refractivity contribution is 0.837. The molecular weight excluding hydrogens is 188 g/mol. The zero-order valence-electron chi connectivity index (χ0n) is 8.93. The van der Waals surface area contributed by atoms with Crippen LogP contribution in [0.25, 0.3) is 0 Å². The lowest BCUT2D eigenvalue weighted by Gasteiger charge is -2.19. The van der Waals surface area contributed by atoms with Gasteiger partial charge in [-0.1, -0.05) is 6.58 Å². The molecule has 1 fully saturated rings. The molecule has 1 aliphatic heterocycles. The maximum Gasteiger partial charge on any atom is 0.0711 e. The fourth-order valence-corrected chi connectivity index (χ4v) is 1.67. The molecule has 0 radical (unpaired) electrons. The molecule has 0 spiro atoms. The molecule has 15 heavy (non-hydrogen) atoms. The van der Waals surface area contributed by atoms with Crippen molar-refractivity contribution in [1.82, 2.24) is 10.7 Å². The Morgan fingerprint density at radius 1 is 1.73 bits per heavy atom. The Morgan fingerprint density at radius 2 is 2.47 bits per heavy atom. The Hall–Kier alpha value is -1.58. The van der Waals surface area contributed by atoms with E-state index in [4.69, 9.17) is 5.41 Å². The maximum absolute atomic E-state index is 8.08. The number of nitrogens with zero attached hydrogens (tertiary/aromatic N) is 1. The molecular formula is C11H16N4. The van der Waals surface area contributed by atoms with Gasteiger partial charge in [0.15, 0.2) is 0 Å². The number of allylic oxidation sites excluding steroid dienone is 2. The Kier molecular flexibility index (Phi) is 2.58. The van der Waals surface area contributed by atoms with Crippen LogP contribution in [-0.2, 0) is 0 Å². The molecule has 0 aromatic rings. The Balaban J connectivity index is 2.29. The second-order valence-corrected chi connectivity index (χ2v) is 3.86. The van der Waals surface area contributed by atoms with Gasteiger partial charge in [0.25, 0.3) is 0 Å². The van der Waals surface area contributed by atoms with Crippen molar-refractivity contribution in [3.8, 4) is 0 Å². The van der Waals surface area contributed by atoms with E-state index in [1.54, 1.807) is 6.21 Å². The third-order valence-electron chi connectivity index (χ3n) is 2.59. The molecule has 0 saturated heterocycles. The van der Waals surface area contributed by atoms with Crippen LogP contribution in [0.2, 0.25) is 0 Å². The second-order valence-electron chi connectivity index (χ2n) is 3.86. The molecule has 0 amide bonds. The average Bonchev–Trinajstić information content (AvgIpc) is 3.01. The van der Waals surface area contributed by atoms with Gasteiger partial charge in [0.2, 0.25) is 0 Å². The molecule has 2 rings (SSSR count). The molecule has 80 valence electrons. The molecule has 0 unspecified atom stereocenters. The summed E-state index contributed by atoms with van der Waals surface area (Å²) in [5, 5.41) is 15.3. The van der Waals surface area contributed by atoms with Gasteiger partial charge in [0.05, 0.1) is 17.6 Å². The standard InChI is InChI=1S/C11H16N4/c1-3-13-9-6-14-15-7(2)10(9)11(12)8-4-5-8/h6,8,12-13,15H,2-5H2,1H3. The normalized spacial score (nSPS) is 20.2. The summed E-state index contributed by atoms with van der Waals surface area (Å²) in [5.41, 5.74) is 6.05. The molecule has 4 nitrogen and oxygen atoms in total. The molecule has 0 aromatic heterocycles. The van der Waals surface area contributed by atoms with E-state index < -0.39 is 0 Å². The van der Waals surface area contributed by atoms with Gasteiger partial charge in [-0.15, -0.1) is 0 Å². The smallest absolute Gasteiger partial charge is 0.0711 e. The van der Waals surface area contributed by atoms with Crippen LogP contribution in [0.4, 0.5) is 0 Å². The van der Waals surface area contributed by atoms with Crippen molar-refractivity contribution in [1.29, 1.82) is 5.41 Å². The van der Waals surface area contributed by atoms with Crippen molar-refractivity contribution in [2.45, 2.75) is 19.8 Å². The quantitative estimate of drug-likeness (QED) is 0.606. The van der Waals surface area contributed by atoms with E-state index >= 15 is 0 Å². The van der Waals surface area contributed by atoms with Gasteiger partial charge in [-0.3, -0.25) is 5.43 Å². The van der Waals surface area contributed by atoms with Crippen molar-refractivity contribution in [2.24, 2.45) is 11.0 Å². The van der Waals surface area contributed by atoms with Crippen LogP contribution in [-0.4, -0.2) is 18.5 Å². The first-order valence-electron chi connectivity index (χ1n) is 5.29. The number of hydrogen-bond acceptors (Lipinski definition) is 4. The van der Waals surface area contributed by atoms with Gasteiger partial charge >= 0.3 is 0 Å². The predicted molar refractivity (Wildman–Crippen MR) is 61.9 cm³/mol. The number of hydrazone groups is 1. The summed E-state index contributed by atoms with van der Waals surface area (Å²) in [7, 11) is 0. The summed E-state index contributed by atoms with van der Waals surface area (Å²) in [5.74, 6) is 0.429. The summed E-state index contributed by atoms with van der Waals surface area (Å²) in [4.78, 5) is 0. The highest BCUT2D eigenvalue weighted by Crippen LogP contribution is 2.34. The van der Waals surface area contributed by atoms with Crippen LogP contribution < -0.4 is 10.7 Å². The van der Waals surface area contributed by atoms with E-state index in [1.807, 2.05) is 6.92 Å². The summed E-state index contributed by atoms with van der Waals surface area (Å²) >= 11 is 0. The van der Waals surface area contributed by atoms with E-state index in [9.17, 15) is 0 Å². The first-order chi connectivity index (χ1) is 7.24. The predicted octanol–water partition coefficient (Wildman–Crippen LogP) is 1.38. The lowest BCUT2D eigenvalue weighted by Crippen LogP contribution is -2.27. The van der Waals surface area contributed by atoms with E-state index in [1.165, 1.54) is 0 Å². The number of rotatable bonds is 4. The monoisotopic (exact) mass is 204 g/mol. The number of hydrogen-bond donors (Lipinski definition) is 3. The summed E-state index contributed by atoms with van der Waals surface area (Å²) in [6.07, 6.45) is 3.99. The van der Waals surface area contributed by atoms with Gasteiger partial charge in [-0.25, -0.2) is 0 Å². The van der Waals surface area contributed by atoms with E-state index in [0.29, 0.717) is 11.6 Å². The molecule has 1 saturated carbocycles. The van der Waals surface area contributed by atoms with Gasteiger partial charge < -0.3 is 10.7 Å². The van der Waals surface area contributed by atoms with E-state index in [0.717, 1.165) is 36.4 Å². The zero-order valence-corrected chi connectivity index (χ0v) is 8.93. The fourth-order valence-electron chi connectivity index (χ4n) is 1.67. The zero-order chi connectivity index (χ0) is 10.8. The van der Waals surface area contributed by atoms with Gasteiger partial charge in [-0.05, 0) is 19.8 Å². The highest BCUT2D eigenvalue weighted by Gasteiger charge is 2.31. The maximum atomic E-state index is 8.08. The lowest BCUT2D eigenvalue weighted by atomic mass is 10.0. The van der Waals surface area contributed by atoms with Gasteiger partial charge in [0, 0.05) is 23.7 Å². The molecule has 4 heteroatoms. The molecule has 1 heterocycles. The van der Waals surface area contributed by atoms with Crippen molar-refractivity contribution in [3.05, 3.63) is 23.5 Å². The topological polar surface area (TPSA) is 60.3 Å². The van der Waals surface area contributed by atoms with Crippen LogP contribution >= 0.6 is 0 Å². The molecule has 1 aliphatic carbocycles. The van der Waals surface area contributed by atoms with Crippen LogP contribution in [0.5, 0.6) is 0 Å². The van der Waals surface area contributed by atoms with Crippen molar-refractivity contribution in [3.63, 3.8) is 0 Å². The third kappa shape index (κ3) is 1.93. The van der Waals surface area contributed by atoms with Crippen molar-refractivity contribution >= 4 is 11.9 Å². The van der Waals surface area contributed by atoms with Crippen LogP contribution in [0.1, 0.15) is 19.8 Å². The first-order valence-corrected chi connectivity index (χ1v) is 5.29. The van der Waals surface area contributed by atoms with Gasteiger partial charge in [0.1, 0.15) is 0 Å². The summed E-state index contributed by atoms with van der Waals surface area (Å²) < 4.78 is 0. The van der Waals surface area contributed by atoms with Crippen molar-refractivity contribution < 1.29 is 0 Å². The van der Waals surface area contributed by atoms with Crippen LogP contribution in [0.15, 0.2) is 28.6 Å². The minimum Gasteiger partial charge on any atom is -0.383 e. The third-order valence-corrected chi connectivity index (χ3v) is 2.59. The average molecular weight is 204 g/mol.